The van der Waals surface area contributed by atoms with Gasteiger partial charge in [-0.25, -0.2) is 0 Å². The number of ether oxygens (including phenoxy) is 2. The summed E-state index contributed by atoms with van der Waals surface area (Å²) in [5.74, 6) is 6.83. The molecule has 1 saturated heterocycles. The Bertz CT molecular complexity index is 386. The monoisotopic (exact) mass is 251 g/mol. The minimum absolute atomic E-state index is 0.0337. The zero-order valence-electron chi connectivity index (χ0n) is 10.9. The highest BCUT2D eigenvalue weighted by atomic mass is 16.5. The molecule has 100 valence electrons. The lowest BCUT2D eigenvalue weighted by Crippen LogP contribution is -2.37. The molecule has 18 heavy (non-hydrogen) atoms. The van der Waals surface area contributed by atoms with E-state index < -0.39 is 0 Å². The Morgan fingerprint density at radius 3 is 3.17 bits per heavy atom. The number of rotatable bonds is 5. The Morgan fingerprint density at radius 1 is 1.67 bits per heavy atom. The normalized spacial score (nSPS) is 25.1. The van der Waals surface area contributed by atoms with Gasteiger partial charge in [-0.1, -0.05) is 6.92 Å². The SMILES string of the molecule is CCC1OCCC1C(NN)c1ncccc1OC. The molecule has 0 amide bonds. The zero-order valence-corrected chi connectivity index (χ0v) is 10.9. The standard InChI is InChI=1S/C13H21N3O2/c1-3-10-9(6-8-18-10)12(16-14)13-11(17-2)5-4-7-15-13/h4-5,7,9-10,12,16H,3,6,8,14H2,1-2H3. The summed E-state index contributed by atoms with van der Waals surface area (Å²) in [5, 5.41) is 0. The first-order valence-corrected chi connectivity index (χ1v) is 6.38. The Morgan fingerprint density at radius 2 is 2.50 bits per heavy atom. The summed E-state index contributed by atoms with van der Waals surface area (Å²) in [6, 6.07) is 3.73. The Labute approximate surface area is 108 Å². The van der Waals surface area contributed by atoms with Crippen molar-refractivity contribution in [3.63, 3.8) is 0 Å². The van der Waals surface area contributed by atoms with Gasteiger partial charge in [-0.3, -0.25) is 16.3 Å². The first-order chi connectivity index (χ1) is 8.81. The average Bonchev–Trinajstić information content (AvgIpc) is 2.88. The second-order valence-corrected chi connectivity index (χ2v) is 4.51. The van der Waals surface area contributed by atoms with Gasteiger partial charge in [-0.15, -0.1) is 0 Å². The van der Waals surface area contributed by atoms with Crippen molar-refractivity contribution in [2.24, 2.45) is 11.8 Å². The van der Waals surface area contributed by atoms with E-state index in [-0.39, 0.29) is 12.1 Å². The van der Waals surface area contributed by atoms with Crippen molar-refractivity contribution >= 4 is 0 Å². The molecule has 2 heterocycles. The van der Waals surface area contributed by atoms with Crippen LogP contribution in [0, 0.1) is 5.92 Å². The van der Waals surface area contributed by atoms with Crippen LogP contribution in [0.1, 0.15) is 31.5 Å². The number of nitrogens with two attached hydrogens (primary N) is 1. The predicted octanol–water partition coefficient (Wildman–Crippen LogP) is 1.41. The third-order valence-corrected chi connectivity index (χ3v) is 3.58. The van der Waals surface area contributed by atoms with Gasteiger partial charge in [-0.05, 0) is 25.0 Å². The summed E-state index contributed by atoms with van der Waals surface area (Å²) >= 11 is 0. The maximum absolute atomic E-state index is 5.73. The van der Waals surface area contributed by atoms with Crippen LogP contribution >= 0.6 is 0 Å². The average molecular weight is 251 g/mol. The van der Waals surface area contributed by atoms with Crippen molar-refractivity contribution in [1.29, 1.82) is 0 Å². The molecule has 0 spiro atoms. The third-order valence-electron chi connectivity index (χ3n) is 3.58. The predicted molar refractivity (Wildman–Crippen MR) is 69.0 cm³/mol. The Hall–Kier alpha value is -1.17. The van der Waals surface area contributed by atoms with Crippen LogP contribution in [0.25, 0.3) is 0 Å². The van der Waals surface area contributed by atoms with Crippen LogP contribution in [0.5, 0.6) is 5.75 Å². The first kappa shape index (κ1) is 13.3. The molecule has 0 radical (unpaired) electrons. The summed E-state index contributed by atoms with van der Waals surface area (Å²) in [6.07, 6.45) is 3.97. The lowest BCUT2D eigenvalue weighted by atomic mass is 9.89. The lowest BCUT2D eigenvalue weighted by Gasteiger charge is -2.27. The van der Waals surface area contributed by atoms with Crippen LogP contribution in [0.15, 0.2) is 18.3 Å². The van der Waals surface area contributed by atoms with E-state index in [1.54, 1.807) is 13.3 Å². The number of hydrogen-bond donors (Lipinski definition) is 2. The molecule has 1 aromatic heterocycles. The van der Waals surface area contributed by atoms with E-state index >= 15 is 0 Å². The van der Waals surface area contributed by atoms with E-state index in [4.69, 9.17) is 15.3 Å². The molecule has 0 aromatic carbocycles. The number of hydrazine groups is 1. The number of hydrogen-bond acceptors (Lipinski definition) is 5. The van der Waals surface area contributed by atoms with Crippen LogP contribution in [-0.2, 0) is 4.74 Å². The molecule has 1 aliphatic rings. The Balaban J connectivity index is 2.27. The van der Waals surface area contributed by atoms with Gasteiger partial charge < -0.3 is 9.47 Å². The van der Waals surface area contributed by atoms with Gasteiger partial charge in [0.15, 0.2) is 0 Å². The molecular weight excluding hydrogens is 230 g/mol. The summed E-state index contributed by atoms with van der Waals surface area (Å²) in [4.78, 5) is 4.41. The minimum Gasteiger partial charge on any atom is -0.495 e. The van der Waals surface area contributed by atoms with Crippen molar-refractivity contribution in [3.05, 3.63) is 24.0 Å². The van der Waals surface area contributed by atoms with Gasteiger partial charge in [0.1, 0.15) is 11.4 Å². The van der Waals surface area contributed by atoms with Crippen LogP contribution in [0.4, 0.5) is 0 Å². The summed E-state index contributed by atoms with van der Waals surface area (Å²) in [5.41, 5.74) is 3.73. The fraction of sp³-hybridized carbons (Fsp3) is 0.615. The second kappa shape index (κ2) is 6.13. The highest BCUT2D eigenvalue weighted by Crippen LogP contribution is 2.36. The molecule has 5 heteroatoms. The van der Waals surface area contributed by atoms with Crippen LogP contribution in [0.3, 0.4) is 0 Å². The molecule has 1 aliphatic heterocycles. The lowest BCUT2D eigenvalue weighted by molar-refractivity contribution is 0.0766. The smallest absolute Gasteiger partial charge is 0.142 e. The van der Waals surface area contributed by atoms with Gasteiger partial charge in [0.25, 0.3) is 0 Å². The van der Waals surface area contributed by atoms with E-state index in [9.17, 15) is 0 Å². The number of nitrogens with one attached hydrogen (secondary N) is 1. The molecule has 5 nitrogen and oxygen atoms in total. The maximum atomic E-state index is 5.73. The van der Waals surface area contributed by atoms with Gasteiger partial charge in [-0.2, -0.15) is 0 Å². The van der Waals surface area contributed by atoms with Crippen LogP contribution in [-0.4, -0.2) is 24.8 Å². The topological polar surface area (TPSA) is 69.4 Å². The molecule has 3 N–H and O–H groups in total. The van der Waals surface area contributed by atoms with E-state index in [1.807, 2.05) is 12.1 Å². The zero-order chi connectivity index (χ0) is 13.0. The molecule has 0 bridgehead atoms. The fourth-order valence-electron chi connectivity index (χ4n) is 2.68. The minimum atomic E-state index is -0.0337. The number of nitrogens with zero attached hydrogens (tertiary/aromatic N) is 1. The van der Waals surface area contributed by atoms with Crippen molar-refractivity contribution in [1.82, 2.24) is 10.4 Å². The van der Waals surface area contributed by atoms with E-state index in [0.717, 1.165) is 30.9 Å². The largest absolute Gasteiger partial charge is 0.495 e. The van der Waals surface area contributed by atoms with Crippen molar-refractivity contribution in [3.8, 4) is 5.75 Å². The highest BCUT2D eigenvalue weighted by molar-refractivity contribution is 5.30. The molecule has 3 unspecified atom stereocenters. The second-order valence-electron chi connectivity index (χ2n) is 4.51. The highest BCUT2D eigenvalue weighted by Gasteiger charge is 2.35. The van der Waals surface area contributed by atoms with Crippen molar-refractivity contribution in [2.45, 2.75) is 31.9 Å². The van der Waals surface area contributed by atoms with Crippen LogP contribution in [0.2, 0.25) is 0 Å². The van der Waals surface area contributed by atoms with E-state index in [1.165, 1.54) is 0 Å². The molecule has 1 aromatic rings. The summed E-state index contributed by atoms with van der Waals surface area (Å²) < 4.78 is 11.1. The Kier molecular flexibility index (Phi) is 4.52. The molecular formula is C13H21N3O2. The fourth-order valence-corrected chi connectivity index (χ4v) is 2.68. The molecule has 3 atom stereocenters. The number of aromatic nitrogens is 1. The van der Waals surface area contributed by atoms with Crippen molar-refractivity contribution < 1.29 is 9.47 Å². The molecule has 2 rings (SSSR count). The van der Waals surface area contributed by atoms with E-state index in [0.29, 0.717) is 5.92 Å². The van der Waals surface area contributed by atoms with E-state index in [2.05, 4.69) is 17.3 Å². The van der Waals surface area contributed by atoms with Gasteiger partial charge in [0, 0.05) is 18.7 Å². The number of methoxy groups -OCH3 is 1. The first-order valence-electron chi connectivity index (χ1n) is 6.38. The maximum Gasteiger partial charge on any atom is 0.142 e. The molecule has 1 fully saturated rings. The van der Waals surface area contributed by atoms with Gasteiger partial charge in [0.05, 0.1) is 19.3 Å². The molecule has 0 aliphatic carbocycles. The van der Waals surface area contributed by atoms with Crippen LogP contribution < -0.4 is 16.0 Å². The third kappa shape index (κ3) is 2.48. The summed E-state index contributed by atoms with van der Waals surface area (Å²) in [6.45, 7) is 2.92. The summed E-state index contributed by atoms with van der Waals surface area (Å²) in [7, 11) is 1.65. The molecule has 0 saturated carbocycles. The van der Waals surface area contributed by atoms with Gasteiger partial charge in [0.2, 0.25) is 0 Å². The quantitative estimate of drug-likeness (QED) is 0.611. The van der Waals surface area contributed by atoms with Gasteiger partial charge >= 0.3 is 0 Å². The number of pyridine rings is 1. The van der Waals surface area contributed by atoms with Crippen molar-refractivity contribution in [2.75, 3.05) is 13.7 Å².